The molecular formula is C16H27N3O. The average Bonchev–Trinajstić information content (AvgIpc) is 2.37. The van der Waals surface area contributed by atoms with Crippen molar-refractivity contribution in [2.45, 2.75) is 46.2 Å². The Kier molecular flexibility index (Phi) is 6.52. The van der Waals surface area contributed by atoms with Crippen molar-refractivity contribution in [1.82, 2.24) is 10.6 Å². The van der Waals surface area contributed by atoms with Crippen molar-refractivity contribution in [2.24, 2.45) is 5.92 Å². The van der Waals surface area contributed by atoms with E-state index in [1.807, 2.05) is 38.2 Å². The van der Waals surface area contributed by atoms with E-state index >= 15 is 0 Å². The third-order valence-electron chi connectivity index (χ3n) is 3.30. The number of amides is 2. The van der Waals surface area contributed by atoms with E-state index in [4.69, 9.17) is 0 Å². The Labute approximate surface area is 122 Å². The quantitative estimate of drug-likeness (QED) is 0.745. The van der Waals surface area contributed by atoms with Crippen LogP contribution in [0.5, 0.6) is 0 Å². The Morgan fingerprint density at radius 1 is 1.10 bits per heavy atom. The highest BCUT2D eigenvalue weighted by molar-refractivity contribution is 5.89. The Morgan fingerprint density at radius 2 is 1.70 bits per heavy atom. The zero-order chi connectivity index (χ0) is 15.1. The van der Waals surface area contributed by atoms with Crippen LogP contribution in [0.15, 0.2) is 24.3 Å². The molecule has 0 heterocycles. The molecule has 4 nitrogen and oxygen atoms in total. The van der Waals surface area contributed by atoms with E-state index < -0.39 is 0 Å². The molecule has 2 amide bonds. The van der Waals surface area contributed by atoms with Gasteiger partial charge in [0.05, 0.1) is 0 Å². The van der Waals surface area contributed by atoms with Gasteiger partial charge >= 0.3 is 6.03 Å². The van der Waals surface area contributed by atoms with Crippen molar-refractivity contribution in [2.75, 3.05) is 12.4 Å². The van der Waals surface area contributed by atoms with Crippen molar-refractivity contribution in [1.29, 1.82) is 0 Å². The topological polar surface area (TPSA) is 53.2 Å². The summed E-state index contributed by atoms with van der Waals surface area (Å²) in [5, 5.41) is 8.99. The Bertz CT molecular complexity index is 414. The van der Waals surface area contributed by atoms with Crippen LogP contribution in [0.25, 0.3) is 0 Å². The number of carbonyl (C=O) groups excluding carboxylic acids is 1. The number of hydrogen-bond acceptors (Lipinski definition) is 2. The van der Waals surface area contributed by atoms with Gasteiger partial charge in [0.1, 0.15) is 0 Å². The van der Waals surface area contributed by atoms with Gasteiger partial charge in [-0.15, -0.1) is 0 Å². The first-order chi connectivity index (χ1) is 9.42. The molecule has 112 valence electrons. The number of urea groups is 1. The second kappa shape index (κ2) is 7.90. The Balaban J connectivity index is 2.50. The maximum atomic E-state index is 11.8. The van der Waals surface area contributed by atoms with Crippen LogP contribution in [-0.2, 0) is 0 Å². The lowest BCUT2D eigenvalue weighted by Crippen LogP contribution is -2.36. The molecule has 0 saturated carbocycles. The number of carbonyl (C=O) groups is 1. The van der Waals surface area contributed by atoms with Gasteiger partial charge in [-0.3, -0.25) is 0 Å². The van der Waals surface area contributed by atoms with Crippen LogP contribution >= 0.6 is 0 Å². The van der Waals surface area contributed by atoms with Gasteiger partial charge < -0.3 is 16.0 Å². The van der Waals surface area contributed by atoms with Gasteiger partial charge in [0, 0.05) is 17.8 Å². The molecule has 0 aliphatic carbocycles. The molecule has 0 aliphatic heterocycles. The van der Waals surface area contributed by atoms with Gasteiger partial charge in [0.2, 0.25) is 0 Å². The number of benzene rings is 1. The van der Waals surface area contributed by atoms with Gasteiger partial charge in [0.15, 0.2) is 0 Å². The molecule has 2 atom stereocenters. The van der Waals surface area contributed by atoms with Crippen LogP contribution in [0.4, 0.5) is 10.5 Å². The molecule has 1 aromatic carbocycles. The third-order valence-corrected chi connectivity index (χ3v) is 3.30. The average molecular weight is 277 g/mol. The van der Waals surface area contributed by atoms with Crippen LogP contribution in [0.2, 0.25) is 0 Å². The molecule has 2 unspecified atom stereocenters. The van der Waals surface area contributed by atoms with E-state index in [-0.39, 0.29) is 12.1 Å². The maximum absolute atomic E-state index is 11.8. The Hall–Kier alpha value is -1.55. The minimum atomic E-state index is -0.146. The van der Waals surface area contributed by atoms with E-state index in [9.17, 15) is 4.79 Å². The highest BCUT2D eigenvalue weighted by Gasteiger charge is 2.09. The minimum Gasteiger partial charge on any atom is -0.335 e. The second-order valence-corrected chi connectivity index (χ2v) is 5.76. The smallest absolute Gasteiger partial charge is 0.319 e. The highest BCUT2D eigenvalue weighted by atomic mass is 16.2. The molecule has 0 aliphatic rings. The molecule has 3 N–H and O–H groups in total. The number of rotatable bonds is 6. The second-order valence-electron chi connectivity index (χ2n) is 5.76. The molecule has 4 heteroatoms. The zero-order valence-electron chi connectivity index (χ0n) is 13.2. The summed E-state index contributed by atoms with van der Waals surface area (Å²) in [5.41, 5.74) is 2.01. The predicted molar refractivity (Wildman–Crippen MR) is 85.0 cm³/mol. The van der Waals surface area contributed by atoms with Crippen LogP contribution in [0.1, 0.15) is 45.7 Å². The van der Waals surface area contributed by atoms with Gasteiger partial charge in [-0.2, -0.15) is 0 Å². The van der Waals surface area contributed by atoms with Crippen LogP contribution < -0.4 is 16.0 Å². The molecule has 20 heavy (non-hydrogen) atoms. The monoisotopic (exact) mass is 277 g/mol. The van der Waals surface area contributed by atoms with Gasteiger partial charge in [-0.05, 0) is 50.9 Å². The molecule has 1 rings (SSSR count). The van der Waals surface area contributed by atoms with E-state index in [1.165, 1.54) is 5.56 Å². The lowest BCUT2D eigenvalue weighted by Gasteiger charge is -2.17. The fourth-order valence-corrected chi connectivity index (χ4v) is 2.18. The normalized spacial score (nSPS) is 13.9. The summed E-state index contributed by atoms with van der Waals surface area (Å²) in [4.78, 5) is 11.8. The van der Waals surface area contributed by atoms with Crippen molar-refractivity contribution >= 4 is 11.7 Å². The number of nitrogens with one attached hydrogen (secondary N) is 3. The lowest BCUT2D eigenvalue weighted by molar-refractivity contribution is 0.247. The summed E-state index contributed by atoms with van der Waals surface area (Å²) in [5.74, 6) is 0.576. The summed E-state index contributed by atoms with van der Waals surface area (Å²) < 4.78 is 0. The Morgan fingerprint density at radius 3 is 2.20 bits per heavy atom. The molecule has 0 bridgehead atoms. The van der Waals surface area contributed by atoms with Crippen molar-refractivity contribution in [3.05, 3.63) is 29.8 Å². The van der Waals surface area contributed by atoms with E-state index in [0.717, 1.165) is 12.1 Å². The third kappa shape index (κ3) is 5.61. The molecule has 0 spiro atoms. The maximum Gasteiger partial charge on any atom is 0.319 e. The SMILES string of the molecule is CNC(C)c1ccc(NC(=O)NC(C)CC(C)C)cc1. The van der Waals surface area contributed by atoms with E-state index in [2.05, 4.69) is 36.7 Å². The first-order valence-corrected chi connectivity index (χ1v) is 7.27. The fraction of sp³-hybridized carbons (Fsp3) is 0.562. The first-order valence-electron chi connectivity index (χ1n) is 7.27. The fourth-order valence-electron chi connectivity index (χ4n) is 2.18. The molecule has 1 aromatic rings. The van der Waals surface area contributed by atoms with Gasteiger partial charge in [0.25, 0.3) is 0 Å². The first kappa shape index (κ1) is 16.5. The van der Waals surface area contributed by atoms with Crippen molar-refractivity contribution < 1.29 is 4.79 Å². The summed E-state index contributed by atoms with van der Waals surface area (Å²) in [6, 6.07) is 8.24. The molecule has 0 saturated heterocycles. The van der Waals surface area contributed by atoms with Gasteiger partial charge in [-0.25, -0.2) is 4.79 Å². The molecule has 0 radical (unpaired) electrons. The minimum absolute atomic E-state index is 0.146. The largest absolute Gasteiger partial charge is 0.335 e. The zero-order valence-corrected chi connectivity index (χ0v) is 13.2. The predicted octanol–water partition coefficient (Wildman–Crippen LogP) is 3.52. The standard InChI is InChI=1S/C16H27N3O/c1-11(2)10-12(3)18-16(20)19-15-8-6-14(7-9-15)13(4)17-5/h6-9,11-13,17H,10H2,1-5H3,(H2,18,19,20). The summed E-state index contributed by atoms with van der Waals surface area (Å²) in [7, 11) is 1.93. The highest BCUT2D eigenvalue weighted by Crippen LogP contribution is 2.15. The summed E-state index contributed by atoms with van der Waals surface area (Å²) in [6.07, 6.45) is 0.978. The van der Waals surface area contributed by atoms with Crippen molar-refractivity contribution in [3.63, 3.8) is 0 Å². The van der Waals surface area contributed by atoms with Crippen LogP contribution in [0.3, 0.4) is 0 Å². The van der Waals surface area contributed by atoms with Crippen LogP contribution in [0, 0.1) is 5.92 Å². The molecular weight excluding hydrogens is 250 g/mol. The number of hydrogen-bond donors (Lipinski definition) is 3. The van der Waals surface area contributed by atoms with Crippen LogP contribution in [-0.4, -0.2) is 19.1 Å². The van der Waals surface area contributed by atoms with Gasteiger partial charge in [-0.1, -0.05) is 26.0 Å². The van der Waals surface area contributed by atoms with Crippen molar-refractivity contribution in [3.8, 4) is 0 Å². The van der Waals surface area contributed by atoms with E-state index in [0.29, 0.717) is 12.0 Å². The molecule has 0 fully saturated rings. The number of anilines is 1. The van der Waals surface area contributed by atoms with E-state index in [1.54, 1.807) is 0 Å². The molecule has 0 aromatic heterocycles. The lowest BCUT2D eigenvalue weighted by atomic mass is 10.1. The summed E-state index contributed by atoms with van der Waals surface area (Å²) >= 11 is 0. The summed E-state index contributed by atoms with van der Waals surface area (Å²) in [6.45, 7) is 8.43.